The van der Waals surface area contributed by atoms with E-state index >= 15 is 26.3 Å². The summed E-state index contributed by atoms with van der Waals surface area (Å²) in [5.74, 6) is -15.0. The molecule has 16 nitrogen and oxygen atoms in total. The van der Waals surface area contributed by atoms with Crippen LogP contribution in [-0.4, -0.2) is 225 Å². The van der Waals surface area contributed by atoms with Crippen molar-refractivity contribution in [2.75, 3.05) is 186 Å². The van der Waals surface area contributed by atoms with E-state index in [9.17, 15) is 0 Å². The normalized spacial score (nSPS) is 21.0. The molecule has 0 spiro atoms. The predicted octanol–water partition coefficient (Wildman–Crippen LogP) is 9.63. The summed E-state index contributed by atoms with van der Waals surface area (Å²) in [5, 5.41) is 0. The molecule has 1 fully saturated rings. The Bertz CT molecular complexity index is 2200. The Kier molecular flexibility index (Phi) is 28.9. The molecule has 0 saturated heterocycles. The van der Waals surface area contributed by atoms with Crippen LogP contribution < -0.4 is 9.47 Å². The fourth-order valence-electron chi connectivity index (χ4n) is 9.10. The predicted molar refractivity (Wildman–Crippen MR) is 303 cm³/mol. The number of ether oxygens (including phenoxy) is 16. The van der Waals surface area contributed by atoms with Crippen molar-refractivity contribution in [2.24, 2.45) is 0 Å². The van der Waals surface area contributed by atoms with Gasteiger partial charge in [0.2, 0.25) is 0 Å². The van der Waals surface area contributed by atoms with E-state index in [4.69, 9.17) is 75.8 Å². The molecule has 0 amide bonds. The van der Waals surface area contributed by atoms with Crippen LogP contribution >= 0.6 is 23.5 Å². The Morgan fingerprint density at radius 2 is 0.602 bits per heavy atom. The van der Waals surface area contributed by atoms with E-state index in [2.05, 4.69) is 0 Å². The Morgan fingerprint density at radius 1 is 0.361 bits per heavy atom. The fraction of sp³-hybridized carbons (Fsp3) is 0.661. The summed E-state index contributed by atoms with van der Waals surface area (Å²) in [4.78, 5) is 0.925. The molecule has 0 aromatic heterocycles. The first kappa shape index (κ1) is 68.8. The largest absolute Gasteiger partial charge is 0.488 e. The third-order valence-corrected chi connectivity index (χ3v) is 16.9. The minimum Gasteiger partial charge on any atom is -0.488 e. The van der Waals surface area contributed by atoms with Crippen LogP contribution in [-0.2, 0) is 66.3 Å². The van der Waals surface area contributed by atoms with Crippen LogP contribution in [0.1, 0.15) is 38.8 Å². The van der Waals surface area contributed by atoms with Crippen LogP contribution in [0, 0.1) is 0 Å². The number of fused-ring (bicyclic) bond motifs is 4. The molecule has 2 aromatic rings. The zero-order valence-electron chi connectivity index (χ0n) is 48.4. The maximum Gasteiger partial charge on any atom is 0.380 e. The zero-order chi connectivity index (χ0) is 59.6. The van der Waals surface area contributed by atoms with Gasteiger partial charge in [-0.3, -0.25) is 0 Å². The lowest BCUT2D eigenvalue weighted by molar-refractivity contribution is -0.258. The van der Waals surface area contributed by atoms with Crippen molar-refractivity contribution in [2.45, 2.75) is 67.2 Å². The number of hydrogen-bond acceptors (Lipinski definition) is 18. The van der Waals surface area contributed by atoms with Gasteiger partial charge in [-0.05, 0) is 86.4 Å². The average Bonchev–Trinajstić information content (AvgIpc) is 1.52. The van der Waals surface area contributed by atoms with Crippen LogP contribution in [0.2, 0.25) is 0 Å². The second kappa shape index (κ2) is 34.9. The van der Waals surface area contributed by atoms with Gasteiger partial charge in [-0.15, -0.1) is 23.5 Å². The minimum atomic E-state index is -5.68. The van der Waals surface area contributed by atoms with E-state index in [-0.39, 0.29) is 36.6 Å². The lowest BCUT2D eigenvalue weighted by atomic mass is 9.71. The molecule has 4 atom stereocenters. The number of allylic oxidation sites excluding steroid dienone is 4. The molecule has 2 heterocycles. The van der Waals surface area contributed by atoms with Gasteiger partial charge in [0.15, 0.2) is 0 Å². The van der Waals surface area contributed by atoms with Crippen LogP contribution in [0.5, 0.6) is 11.5 Å². The van der Waals surface area contributed by atoms with Crippen molar-refractivity contribution < 1.29 is 102 Å². The van der Waals surface area contributed by atoms with Crippen molar-refractivity contribution in [3.8, 4) is 11.5 Å². The molecule has 0 N–H and O–H groups in total. The molecule has 1 saturated carbocycles. The number of methoxy groups -OCH3 is 2. The highest BCUT2D eigenvalue weighted by Crippen LogP contribution is 2.75. The average molecular weight is 1230 g/mol. The number of thioether (sulfide) groups is 2. The van der Waals surface area contributed by atoms with Crippen molar-refractivity contribution in [1.82, 2.24) is 0 Å². The van der Waals surface area contributed by atoms with Gasteiger partial charge in [0.25, 0.3) is 0 Å². The van der Waals surface area contributed by atoms with E-state index in [0.717, 1.165) is 0 Å². The molecule has 2 unspecified atom stereocenters. The van der Waals surface area contributed by atoms with Crippen LogP contribution in [0.15, 0.2) is 83.0 Å². The summed E-state index contributed by atoms with van der Waals surface area (Å²) in [7, 11) is 3.24. The number of benzene rings is 2. The molecule has 24 heteroatoms. The third-order valence-electron chi connectivity index (χ3n) is 13.6. The first-order chi connectivity index (χ1) is 40.0. The monoisotopic (exact) mass is 1220 g/mol. The molecule has 2 aliphatic carbocycles. The summed E-state index contributed by atoms with van der Waals surface area (Å²) in [6, 6.07) is 13.7. The Balaban J connectivity index is 0.914. The topological polar surface area (TPSA) is 148 Å². The highest BCUT2D eigenvalue weighted by atomic mass is 32.2. The van der Waals surface area contributed by atoms with E-state index in [1.807, 2.05) is 13.8 Å². The van der Waals surface area contributed by atoms with Gasteiger partial charge in [-0.1, -0.05) is 24.3 Å². The summed E-state index contributed by atoms with van der Waals surface area (Å²) >= 11 is 2.38. The number of rotatable bonds is 46. The van der Waals surface area contributed by atoms with E-state index in [0.29, 0.717) is 191 Å². The van der Waals surface area contributed by atoms with Gasteiger partial charge in [-0.2, -0.15) is 26.3 Å². The van der Waals surface area contributed by atoms with Gasteiger partial charge >= 0.3 is 17.8 Å². The van der Waals surface area contributed by atoms with Crippen molar-refractivity contribution in [3.63, 3.8) is 0 Å². The highest BCUT2D eigenvalue weighted by Gasteiger charge is 2.84. The van der Waals surface area contributed by atoms with Gasteiger partial charge < -0.3 is 75.8 Å². The lowest BCUT2D eigenvalue weighted by Gasteiger charge is -2.47. The Hall–Kier alpha value is -3.28. The van der Waals surface area contributed by atoms with E-state index in [1.54, 1.807) is 76.6 Å². The van der Waals surface area contributed by atoms with Crippen LogP contribution in [0.25, 0.3) is 9.81 Å². The Morgan fingerprint density at radius 3 is 0.855 bits per heavy atom. The standard InChI is InChI=1S/C59H82F6O16S2/c1-43(41-78-37-35-76-33-31-74-29-27-72-25-23-70-21-19-68-17-15-66-5)80-47-11-7-45(8-12-47)51-39-49-53-54(58(62,63)59(64,65)57(53,60)61)50-40-52(83-56(50,4)55(49,3)82-51)46-9-13-48(14-10-46)81-44(2)42-79-38-36-77-34-32-75-30-28-73-26-24-71-22-20-69-18-16-67-6/h7-14,39-40,43-44H,15-38,41-42H2,1-6H3/t43-,44-,55?,56?/m0/s1. The Labute approximate surface area is 492 Å². The molecular formula is C59H82F6O16S2. The molecule has 0 radical (unpaired) electrons. The van der Waals surface area contributed by atoms with Crippen molar-refractivity contribution in [3.05, 3.63) is 94.1 Å². The first-order valence-corrected chi connectivity index (χ1v) is 29.6. The van der Waals surface area contributed by atoms with Gasteiger partial charge in [-0.25, -0.2) is 0 Å². The second-order valence-electron chi connectivity index (χ2n) is 19.8. The van der Waals surface area contributed by atoms with E-state index in [1.165, 1.54) is 35.7 Å². The number of halogens is 6. The van der Waals surface area contributed by atoms with Crippen molar-refractivity contribution >= 4 is 33.3 Å². The first-order valence-electron chi connectivity index (χ1n) is 27.9. The third kappa shape index (κ3) is 19.1. The maximum atomic E-state index is 16.1. The minimum absolute atomic E-state index is 0.252. The quantitative estimate of drug-likeness (QED) is 0.0457. The molecule has 0 bridgehead atoms. The molecule has 2 aromatic carbocycles. The number of alkyl halides is 6. The summed E-state index contributed by atoms with van der Waals surface area (Å²) in [6.07, 6.45) is 2.03. The van der Waals surface area contributed by atoms with Crippen molar-refractivity contribution in [1.29, 1.82) is 0 Å². The molecular weight excluding hydrogens is 1140 g/mol. The maximum absolute atomic E-state index is 16.1. The van der Waals surface area contributed by atoms with E-state index < -0.39 is 38.4 Å². The molecule has 468 valence electrons. The SMILES string of the molecule is COCCOCCOCCOCCOCCOCCOC[C@H](C)Oc1ccc(C2=CC3=C4C(=C5C=C(c6ccc(O[C@@H](C)COCCOCCOCCOCCOCCOCCOC)cc6)SC5(C)C3(C)S2)C(F)(F)C(F)(F)C4(F)F)cc1. The molecule has 4 aliphatic rings. The van der Waals surface area contributed by atoms with Gasteiger partial charge in [0, 0.05) is 35.2 Å². The summed E-state index contributed by atoms with van der Waals surface area (Å²) in [5.41, 5.74) is -2.00. The van der Waals surface area contributed by atoms with Gasteiger partial charge in [0.05, 0.1) is 181 Å². The fourth-order valence-corrected chi connectivity index (χ4v) is 12.2. The number of hydrogen-bond donors (Lipinski definition) is 0. The van der Waals surface area contributed by atoms with Gasteiger partial charge in [0.1, 0.15) is 23.7 Å². The molecule has 6 rings (SSSR count). The second-order valence-corrected chi connectivity index (χ2v) is 22.7. The molecule has 83 heavy (non-hydrogen) atoms. The summed E-state index contributed by atoms with van der Waals surface area (Å²) in [6.45, 7) is 18.3. The summed E-state index contributed by atoms with van der Waals surface area (Å²) < 4.78 is 181. The highest BCUT2D eigenvalue weighted by molar-refractivity contribution is 8.14. The molecule has 2 aliphatic heterocycles. The smallest absolute Gasteiger partial charge is 0.380 e. The van der Waals surface area contributed by atoms with Crippen LogP contribution in [0.4, 0.5) is 26.3 Å². The zero-order valence-corrected chi connectivity index (χ0v) is 50.1. The van der Waals surface area contributed by atoms with Crippen LogP contribution in [0.3, 0.4) is 0 Å². The lowest BCUT2D eigenvalue weighted by Crippen LogP contribution is -2.48.